The van der Waals surface area contributed by atoms with E-state index in [1.54, 1.807) is 0 Å². The van der Waals surface area contributed by atoms with Crippen molar-refractivity contribution in [3.63, 3.8) is 0 Å². The standard InChI is InChI=1S/C20H28N4O/c1-3-4-10-18-20(25)22(2)13-14-23(18)16-19-21-11-12-24(19)15-17-8-6-5-7-9-17/h5-9,11-12,18H,3-4,10,13-16H2,1-2H3. The van der Waals surface area contributed by atoms with Crippen molar-refractivity contribution in [1.29, 1.82) is 0 Å². The Hall–Kier alpha value is -2.14. The van der Waals surface area contributed by atoms with E-state index in [1.807, 2.05) is 30.4 Å². The molecule has 1 aliphatic rings. The zero-order valence-corrected chi connectivity index (χ0v) is 15.3. The molecule has 1 amide bonds. The summed E-state index contributed by atoms with van der Waals surface area (Å²) in [4.78, 5) is 21.3. The molecule has 3 rings (SSSR count). The molecule has 0 spiro atoms. The van der Waals surface area contributed by atoms with Crippen LogP contribution < -0.4 is 0 Å². The van der Waals surface area contributed by atoms with E-state index in [4.69, 9.17) is 0 Å². The van der Waals surface area contributed by atoms with Crippen LogP contribution in [0.15, 0.2) is 42.7 Å². The number of carbonyl (C=O) groups is 1. The van der Waals surface area contributed by atoms with Crippen LogP contribution in [0.5, 0.6) is 0 Å². The van der Waals surface area contributed by atoms with E-state index in [0.717, 1.165) is 51.3 Å². The fraction of sp³-hybridized carbons (Fsp3) is 0.500. The first-order chi connectivity index (χ1) is 12.2. The summed E-state index contributed by atoms with van der Waals surface area (Å²) in [5, 5.41) is 0. The second-order valence-corrected chi connectivity index (χ2v) is 6.85. The number of carbonyl (C=O) groups excluding carboxylic acids is 1. The van der Waals surface area contributed by atoms with Crippen LogP contribution in [-0.4, -0.2) is 51.4 Å². The summed E-state index contributed by atoms with van der Waals surface area (Å²) in [7, 11) is 1.91. The number of hydrogen-bond acceptors (Lipinski definition) is 3. The van der Waals surface area contributed by atoms with Crippen molar-refractivity contribution < 1.29 is 4.79 Å². The molecule has 2 aromatic rings. The smallest absolute Gasteiger partial charge is 0.239 e. The minimum absolute atomic E-state index is 0.0134. The topological polar surface area (TPSA) is 41.4 Å². The molecule has 0 saturated carbocycles. The molecular formula is C20H28N4O. The van der Waals surface area contributed by atoms with Crippen molar-refractivity contribution in [2.24, 2.45) is 0 Å². The summed E-state index contributed by atoms with van der Waals surface area (Å²) in [5.74, 6) is 1.28. The molecule has 0 bridgehead atoms. The highest BCUT2D eigenvalue weighted by atomic mass is 16.2. The monoisotopic (exact) mass is 340 g/mol. The average Bonchev–Trinajstić information content (AvgIpc) is 3.05. The van der Waals surface area contributed by atoms with Crippen LogP contribution in [0.2, 0.25) is 0 Å². The quantitative estimate of drug-likeness (QED) is 0.778. The molecule has 25 heavy (non-hydrogen) atoms. The number of amides is 1. The van der Waals surface area contributed by atoms with Gasteiger partial charge in [-0.15, -0.1) is 0 Å². The number of piperazine rings is 1. The fourth-order valence-electron chi connectivity index (χ4n) is 3.45. The molecule has 0 aliphatic carbocycles. The van der Waals surface area contributed by atoms with Crippen LogP contribution in [0.25, 0.3) is 0 Å². The van der Waals surface area contributed by atoms with Gasteiger partial charge in [0.15, 0.2) is 0 Å². The predicted molar refractivity (Wildman–Crippen MR) is 99.1 cm³/mol. The first-order valence-electron chi connectivity index (χ1n) is 9.22. The minimum atomic E-state index is -0.0134. The summed E-state index contributed by atoms with van der Waals surface area (Å²) in [5.41, 5.74) is 1.26. The molecule has 1 saturated heterocycles. The van der Waals surface area contributed by atoms with Gasteiger partial charge in [0.1, 0.15) is 5.82 Å². The zero-order valence-electron chi connectivity index (χ0n) is 15.3. The molecule has 5 heteroatoms. The van der Waals surface area contributed by atoms with Crippen LogP contribution in [0, 0.1) is 0 Å². The second kappa shape index (κ2) is 8.30. The largest absolute Gasteiger partial charge is 0.343 e. The highest BCUT2D eigenvalue weighted by Crippen LogP contribution is 2.19. The lowest BCUT2D eigenvalue weighted by atomic mass is 10.0. The maximum atomic E-state index is 12.6. The Morgan fingerprint density at radius 1 is 1.16 bits per heavy atom. The third-order valence-electron chi connectivity index (χ3n) is 5.00. The summed E-state index contributed by atoms with van der Waals surface area (Å²) < 4.78 is 2.19. The number of imidazole rings is 1. The molecule has 1 fully saturated rings. The molecule has 0 N–H and O–H groups in total. The third kappa shape index (κ3) is 4.28. The highest BCUT2D eigenvalue weighted by Gasteiger charge is 2.32. The molecule has 2 heterocycles. The Morgan fingerprint density at radius 2 is 1.96 bits per heavy atom. The lowest BCUT2D eigenvalue weighted by Gasteiger charge is -2.39. The van der Waals surface area contributed by atoms with Gasteiger partial charge in [-0.25, -0.2) is 4.98 Å². The van der Waals surface area contributed by atoms with Gasteiger partial charge >= 0.3 is 0 Å². The number of rotatable bonds is 7. The first kappa shape index (κ1) is 17.7. The van der Waals surface area contributed by atoms with Crippen LogP contribution >= 0.6 is 0 Å². The van der Waals surface area contributed by atoms with Gasteiger partial charge in [-0.3, -0.25) is 9.69 Å². The van der Waals surface area contributed by atoms with Gasteiger partial charge in [0.05, 0.1) is 12.6 Å². The van der Waals surface area contributed by atoms with Crippen molar-refractivity contribution in [2.45, 2.75) is 45.3 Å². The Kier molecular flexibility index (Phi) is 5.87. The van der Waals surface area contributed by atoms with Gasteiger partial charge in [0, 0.05) is 39.1 Å². The number of hydrogen-bond donors (Lipinski definition) is 0. The fourth-order valence-corrected chi connectivity index (χ4v) is 3.45. The van der Waals surface area contributed by atoms with Gasteiger partial charge in [-0.1, -0.05) is 50.1 Å². The molecular weight excluding hydrogens is 312 g/mol. The summed E-state index contributed by atoms with van der Waals surface area (Å²) >= 11 is 0. The van der Waals surface area contributed by atoms with Gasteiger partial charge in [0.2, 0.25) is 5.91 Å². The Bertz CT molecular complexity index is 682. The average molecular weight is 340 g/mol. The predicted octanol–water partition coefficient (Wildman–Crippen LogP) is 2.76. The van der Waals surface area contributed by atoms with Crippen LogP contribution in [-0.2, 0) is 17.9 Å². The highest BCUT2D eigenvalue weighted by molar-refractivity contribution is 5.82. The van der Waals surface area contributed by atoms with Crippen LogP contribution in [0.3, 0.4) is 0 Å². The van der Waals surface area contributed by atoms with Gasteiger partial charge in [-0.2, -0.15) is 0 Å². The number of likely N-dealkylation sites (N-methyl/N-ethyl adjacent to an activating group) is 1. The number of unbranched alkanes of at least 4 members (excludes halogenated alkanes) is 1. The van der Waals surface area contributed by atoms with Gasteiger partial charge < -0.3 is 9.47 Å². The van der Waals surface area contributed by atoms with E-state index in [9.17, 15) is 4.79 Å². The number of benzene rings is 1. The SMILES string of the molecule is CCCCC1C(=O)N(C)CCN1Cc1nccn1Cc1ccccc1. The van der Waals surface area contributed by atoms with Crippen LogP contribution in [0.4, 0.5) is 0 Å². The molecule has 1 aromatic carbocycles. The number of nitrogens with zero attached hydrogens (tertiary/aromatic N) is 4. The van der Waals surface area contributed by atoms with E-state index in [-0.39, 0.29) is 11.9 Å². The van der Waals surface area contributed by atoms with Gasteiger partial charge in [-0.05, 0) is 12.0 Å². The van der Waals surface area contributed by atoms with Crippen molar-refractivity contribution in [1.82, 2.24) is 19.4 Å². The van der Waals surface area contributed by atoms with Crippen molar-refractivity contribution in [2.75, 3.05) is 20.1 Å². The Morgan fingerprint density at radius 3 is 2.72 bits per heavy atom. The molecule has 134 valence electrons. The normalized spacial score (nSPS) is 18.7. The zero-order chi connectivity index (χ0) is 17.6. The summed E-state index contributed by atoms with van der Waals surface area (Å²) in [6, 6.07) is 10.4. The minimum Gasteiger partial charge on any atom is -0.343 e. The Balaban J connectivity index is 1.72. The van der Waals surface area contributed by atoms with E-state index in [2.05, 4.69) is 45.6 Å². The van der Waals surface area contributed by atoms with E-state index >= 15 is 0 Å². The van der Waals surface area contributed by atoms with Crippen molar-refractivity contribution in [3.05, 3.63) is 54.1 Å². The van der Waals surface area contributed by atoms with E-state index in [0.29, 0.717) is 0 Å². The molecule has 1 atom stereocenters. The van der Waals surface area contributed by atoms with Crippen molar-refractivity contribution >= 4 is 5.91 Å². The maximum Gasteiger partial charge on any atom is 0.239 e. The maximum absolute atomic E-state index is 12.6. The summed E-state index contributed by atoms with van der Waals surface area (Å²) in [6.07, 6.45) is 7.01. The van der Waals surface area contributed by atoms with Gasteiger partial charge in [0.25, 0.3) is 0 Å². The molecule has 1 unspecified atom stereocenters. The molecule has 1 aromatic heterocycles. The van der Waals surface area contributed by atoms with Crippen molar-refractivity contribution in [3.8, 4) is 0 Å². The Labute approximate surface area is 150 Å². The molecule has 0 radical (unpaired) electrons. The third-order valence-corrected chi connectivity index (χ3v) is 5.00. The lowest BCUT2D eigenvalue weighted by Crippen LogP contribution is -2.55. The lowest BCUT2D eigenvalue weighted by molar-refractivity contribution is -0.141. The molecule has 5 nitrogen and oxygen atoms in total. The summed E-state index contributed by atoms with van der Waals surface area (Å²) in [6.45, 7) is 5.43. The second-order valence-electron chi connectivity index (χ2n) is 6.85. The molecule has 1 aliphatic heterocycles. The number of aromatic nitrogens is 2. The van der Waals surface area contributed by atoms with E-state index < -0.39 is 0 Å². The first-order valence-corrected chi connectivity index (χ1v) is 9.22. The van der Waals surface area contributed by atoms with E-state index in [1.165, 1.54) is 5.56 Å². The van der Waals surface area contributed by atoms with Crippen LogP contribution in [0.1, 0.15) is 37.6 Å².